The van der Waals surface area contributed by atoms with Crippen molar-refractivity contribution in [3.8, 4) is 0 Å². The lowest BCUT2D eigenvalue weighted by Gasteiger charge is -2.30. The molecule has 0 radical (unpaired) electrons. The monoisotopic (exact) mass is 526 g/mol. The Morgan fingerprint density at radius 3 is 2.29 bits per heavy atom. The van der Waals surface area contributed by atoms with Crippen LogP contribution in [0.15, 0.2) is 42.0 Å². The quantitative estimate of drug-likeness (QED) is 0.361. The van der Waals surface area contributed by atoms with Gasteiger partial charge < -0.3 is 24.1 Å². The number of methoxy groups -OCH3 is 1. The van der Waals surface area contributed by atoms with Crippen molar-refractivity contribution in [2.75, 3.05) is 7.11 Å². The second kappa shape index (κ2) is 9.00. The second-order valence-electron chi connectivity index (χ2n) is 12.2. The smallest absolute Gasteiger partial charge is 0.338 e. The Kier molecular flexibility index (Phi) is 6.40. The summed E-state index contributed by atoms with van der Waals surface area (Å²) in [7, 11) is 1.57. The Morgan fingerprint density at radius 2 is 1.68 bits per heavy atom. The van der Waals surface area contributed by atoms with E-state index in [0.29, 0.717) is 17.6 Å². The van der Waals surface area contributed by atoms with Gasteiger partial charge in [0.05, 0.1) is 17.6 Å². The van der Waals surface area contributed by atoms with Crippen LogP contribution in [-0.2, 0) is 28.5 Å². The van der Waals surface area contributed by atoms with E-state index in [1.807, 2.05) is 19.9 Å². The summed E-state index contributed by atoms with van der Waals surface area (Å²) in [5, 5.41) is 11.2. The molecule has 1 aromatic rings. The van der Waals surface area contributed by atoms with Crippen molar-refractivity contribution >= 4 is 17.7 Å². The molecule has 8 nitrogen and oxygen atoms in total. The van der Waals surface area contributed by atoms with Gasteiger partial charge in [-0.05, 0) is 48.5 Å². The molecule has 38 heavy (non-hydrogen) atoms. The average Bonchev–Trinajstić information content (AvgIpc) is 3.67. The first-order valence-electron chi connectivity index (χ1n) is 13.4. The third-order valence-electron chi connectivity index (χ3n) is 9.54. The van der Waals surface area contributed by atoms with Crippen molar-refractivity contribution in [2.24, 2.45) is 29.1 Å². The highest BCUT2D eigenvalue weighted by Crippen LogP contribution is 2.68. The van der Waals surface area contributed by atoms with Gasteiger partial charge in [0.15, 0.2) is 17.0 Å². The van der Waals surface area contributed by atoms with Gasteiger partial charge in [0.25, 0.3) is 0 Å². The molecule has 5 rings (SSSR count). The molecule has 1 saturated heterocycles. The molecule has 1 aromatic carbocycles. The fourth-order valence-corrected chi connectivity index (χ4v) is 7.55. The zero-order chi connectivity index (χ0) is 27.8. The van der Waals surface area contributed by atoms with Gasteiger partial charge in [0.1, 0.15) is 18.3 Å². The summed E-state index contributed by atoms with van der Waals surface area (Å²) in [6.45, 7) is 11.0. The predicted molar refractivity (Wildman–Crippen MR) is 137 cm³/mol. The van der Waals surface area contributed by atoms with E-state index in [9.17, 15) is 19.5 Å². The van der Waals surface area contributed by atoms with Crippen molar-refractivity contribution in [1.29, 1.82) is 0 Å². The maximum atomic E-state index is 14.1. The van der Waals surface area contributed by atoms with Crippen LogP contribution in [0.4, 0.5) is 0 Å². The first kappa shape index (κ1) is 27.0. The van der Waals surface area contributed by atoms with Gasteiger partial charge >= 0.3 is 11.9 Å². The van der Waals surface area contributed by atoms with E-state index < -0.39 is 53.5 Å². The van der Waals surface area contributed by atoms with Crippen molar-refractivity contribution in [1.82, 2.24) is 0 Å². The molecule has 4 aliphatic rings. The minimum absolute atomic E-state index is 0.168. The van der Waals surface area contributed by atoms with Crippen LogP contribution in [0, 0.1) is 29.1 Å². The predicted octanol–water partition coefficient (Wildman–Crippen LogP) is 3.50. The van der Waals surface area contributed by atoms with Crippen molar-refractivity contribution in [2.45, 2.75) is 83.6 Å². The van der Waals surface area contributed by atoms with Crippen LogP contribution in [0.2, 0.25) is 0 Å². The largest absolute Gasteiger partial charge is 0.461 e. The van der Waals surface area contributed by atoms with Crippen LogP contribution in [0.25, 0.3) is 0 Å². The third kappa shape index (κ3) is 3.79. The maximum absolute atomic E-state index is 14.1. The van der Waals surface area contributed by atoms with Gasteiger partial charge in [-0.25, -0.2) is 4.79 Å². The van der Waals surface area contributed by atoms with E-state index in [-0.39, 0.29) is 29.0 Å². The van der Waals surface area contributed by atoms with Crippen molar-refractivity contribution < 1.29 is 38.4 Å². The number of rotatable bonds is 4. The first-order chi connectivity index (χ1) is 17.8. The van der Waals surface area contributed by atoms with Gasteiger partial charge in [0, 0.05) is 25.9 Å². The van der Waals surface area contributed by atoms with E-state index in [1.54, 1.807) is 44.4 Å². The number of epoxide rings is 1. The molecule has 0 bridgehead atoms. The molecule has 0 amide bonds. The molecule has 1 heterocycles. The SMILES string of the molecule is CO[C@@H]1[C@H]2[C@@H]([C@@H](OC(C)=O)[C@@H](C)C(=O)[C@@]34C[C@H](C)[C@H](O)[C@]3(/C=C(\C)[C@H]1OC(=O)c1ccccc1)O4)C2(C)C. The van der Waals surface area contributed by atoms with Gasteiger partial charge in [-0.2, -0.15) is 0 Å². The number of ketones is 1. The van der Waals surface area contributed by atoms with Crippen LogP contribution < -0.4 is 0 Å². The van der Waals surface area contributed by atoms with Gasteiger partial charge in [-0.1, -0.05) is 45.9 Å². The van der Waals surface area contributed by atoms with Crippen LogP contribution >= 0.6 is 0 Å². The number of aliphatic hydroxyl groups excluding tert-OH is 1. The van der Waals surface area contributed by atoms with E-state index in [2.05, 4.69) is 13.8 Å². The average molecular weight is 527 g/mol. The highest BCUT2D eigenvalue weighted by molar-refractivity contribution is 5.96. The summed E-state index contributed by atoms with van der Waals surface area (Å²) in [5.41, 5.74) is -1.78. The number of hydrogen-bond donors (Lipinski definition) is 1. The third-order valence-corrected chi connectivity index (χ3v) is 9.54. The van der Waals surface area contributed by atoms with E-state index >= 15 is 0 Å². The summed E-state index contributed by atoms with van der Waals surface area (Å²) in [6, 6.07) is 8.73. The number of aliphatic hydroxyl groups is 1. The van der Waals surface area contributed by atoms with Gasteiger partial charge in [-0.3, -0.25) is 9.59 Å². The summed E-state index contributed by atoms with van der Waals surface area (Å²) in [5.74, 6) is -2.38. The summed E-state index contributed by atoms with van der Waals surface area (Å²) < 4.78 is 24.2. The molecule has 2 saturated carbocycles. The first-order valence-corrected chi connectivity index (χ1v) is 13.4. The van der Waals surface area contributed by atoms with Crippen molar-refractivity contribution in [3.05, 3.63) is 47.5 Å². The van der Waals surface area contributed by atoms with Crippen molar-refractivity contribution in [3.63, 3.8) is 0 Å². The highest BCUT2D eigenvalue weighted by Gasteiger charge is 2.82. The fraction of sp³-hybridized carbons (Fsp3) is 0.633. The molecular formula is C30H38O8. The molecule has 3 aliphatic carbocycles. The Labute approximate surface area is 223 Å². The Balaban J connectivity index is 1.64. The summed E-state index contributed by atoms with van der Waals surface area (Å²) >= 11 is 0. The van der Waals surface area contributed by atoms with Gasteiger partial charge in [0.2, 0.25) is 0 Å². The number of benzene rings is 1. The maximum Gasteiger partial charge on any atom is 0.338 e. The summed E-state index contributed by atoms with van der Waals surface area (Å²) in [6.07, 6.45) is -0.907. The molecule has 10 atom stereocenters. The number of fused-ring (bicyclic) bond motifs is 1. The number of hydrogen-bond acceptors (Lipinski definition) is 8. The number of Topliss-reactive ketones (excluding diaryl/α,β-unsaturated/α-hetero) is 1. The molecule has 0 aromatic heterocycles. The molecule has 206 valence electrons. The second-order valence-corrected chi connectivity index (χ2v) is 12.2. The Morgan fingerprint density at radius 1 is 1.05 bits per heavy atom. The topological polar surface area (TPSA) is 112 Å². The van der Waals surface area contributed by atoms with E-state index in [0.717, 1.165) is 0 Å². The highest BCUT2D eigenvalue weighted by atomic mass is 16.7. The van der Waals surface area contributed by atoms with Gasteiger partial charge in [-0.15, -0.1) is 0 Å². The molecule has 1 aliphatic heterocycles. The summed E-state index contributed by atoms with van der Waals surface area (Å²) in [4.78, 5) is 39.6. The number of carbonyl (C=O) groups excluding carboxylic acids is 3. The lowest BCUT2D eigenvalue weighted by atomic mass is 9.80. The Bertz CT molecular complexity index is 1170. The lowest BCUT2D eigenvalue weighted by molar-refractivity contribution is -0.154. The molecule has 0 spiro atoms. The molecule has 1 N–H and O–H groups in total. The fourth-order valence-electron chi connectivity index (χ4n) is 7.55. The molecule has 3 fully saturated rings. The zero-order valence-corrected chi connectivity index (χ0v) is 23.1. The minimum Gasteiger partial charge on any atom is -0.461 e. The normalized spacial score (nSPS) is 44.3. The van der Waals surface area contributed by atoms with Crippen LogP contribution in [0.5, 0.6) is 0 Å². The van der Waals surface area contributed by atoms with Crippen LogP contribution in [0.1, 0.15) is 58.3 Å². The minimum atomic E-state index is -1.23. The van der Waals surface area contributed by atoms with Crippen LogP contribution in [0.3, 0.4) is 0 Å². The van der Waals surface area contributed by atoms with E-state index in [1.165, 1.54) is 6.92 Å². The number of carbonyl (C=O) groups is 3. The Hall–Kier alpha value is -2.55. The zero-order valence-electron chi connectivity index (χ0n) is 23.1. The number of ether oxygens (including phenoxy) is 4. The molecule has 8 heteroatoms. The van der Waals surface area contributed by atoms with E-state index in [4.69, 9.17) is 18.9 Å². The lowest BCUT2D eigenvalue weighted by Crippen LogP contribution is -2.43. The standard InChI is InChI=1S/C30H38O8/c1-15-13-29-25(32)16(2)14-30(29,38-29)26(33)17(3)23(36-18(4)31)20-21(28(20,5)6)24(35-7)22(15)37-27(34)19-11-9-8-10-12-19/h8-13,16-17,20-25,32H,14H2,1-7H3/b15-13+/t16-,17+,20-,21+,22+,23-,24+,25-,29-,30-/m0/s1. The van der Waals surface area contributed by atoms with Crippen LogP contribution in [-0.4, -0.2) is 65.6 Å². The molecular weight excluding hydrogens is 488 g/mol. The number of esters is 2. The molecule has 0 unspecified atom stereocenters.